The Morgan fingerprint density at radius 2 is 2.21 bits per heavy atom. The fourth-order valence-corrected chi connectivity index (χ4v) is 2.69. The second-order valence-corrected chi connectivity index (χ2v) is 5.78. The first-order valence-corrected chi connectivity index (χ1v) is 8.01. The number of aryl methyl sites for hydroxylation is 3. The van der Waals surface area contributed by atoms with Crippen molar-refractivity contribution in [3.63, 3.8) is 0 Å². The van der Waals surface area contributed by atoms with E-state index < -0.39 is 0 Å². The van der Waals surface area contributed by atoms with Gasteiger partial charge in [0.1, 0.15) is 5.82 Å². The minimum absolute atomic E-state index is 0.0888. The van der Waals surface area contributed by atoms with E-state index in [2.05, 4.69) is 37.2 Å². The van der Waals surface area contributed by atoms with Crippen LogP contribution in [0, 0.1) is 6.92 Å². The van der Waals surface area contributed by atoms with E-state index in [9.17, 15) is 4.79 Å². The van der Waals surface area contributed by atoms with Crippen molar-refractivity contribution in [2.45, 2.75) is 19.8 Å². The maximum Gasteiger partial charge on any atom is 0.244 e. The Hall–Kier alpha value is -2.89. The number of hydrogen-bond donors (Lipinski definition) is 2. The fourth-order valence-electron chi connectivity index (χ4n) is 2.69. The number of H-pyrrole nitrogens is 1. The lowest BCUT2D eigenvalue weighted by atomic mass is 10.1. The van der Waals surface area contributed by atoms with Crippen molar-refractivity contribution in [3.8, 4) is 0 Å². The standard InChI is InChI=1S/C18H21N5O/c1-13-20-17(22-21-13)8-5-11-19-18(24)10-9-14-12-23(2)16-7-4-3-6-15(14)16/h3-4,6-7,9-10,12H,5,8,11H2,1-2H3,(H,19,24)(H,20,21,22)/b10-9+. The van der Waals surface area contributed by atoms with Gasteiger partial charge in [0.2, 0.25) is 5.91 Å². The Balaban J connectivity index is 1.51. The predicted octanol–water partition coefficient (Wildman–Crippen LogP) is 2.37. The zero-order chi connectivity index (χ0) is 16.9. The van der Waals surface area contributed by atoms with Crippen LogP contribution >= 0.6 is 0 Å². The summed E-state index contributed by atoms with van der Waals surface area (Å²) in [5.74, 6) is 1.51. The smallest absolute Gasteiger partial charge is 0.244 e. The van der Waals surface area contributed by atoms with Gasteiger partial charge in [-0.15, -0.1) is 0 Å². The summed E-state index contributed by atoms with van der Waals surface area (Å²) in [4.78, 5) is 16.2. The summed E-state index contributed by atoms with van der Waals surface area (Å²) in [6, 6.07) is 8.14. The highest BCUT2D eigenvalue weighted by Crippen LogP contribution is 2.21. The van der Waals surface area contributed by atoms with Crippen LogP contribution in [0.3, 0.4) is 0 Å². The highest BCUT2D eigenvalue weighted by atomic mass is 16.1. The first-order valence-electron chi connectivity index (χ1n) is 8.01. The molecule has 0 unspecified atom stereocenters. The van der Waals surface area contributed by atoms with Crippen molar-refractivity contribution in [2.75, 3.05) is 6.54 Å². The topological polar surface area (TPSA) is 75.6 Å². The number of aromatic amines is 1. The number of rotatable bonds is 6. The van der Waals surface area contributed by atoms with Crippen LogP contribution in [0.4, 0.5) is 0 Å². The minimum Gasteiger partial charge on any atom is -0.353 e. The number of nitrogens with zero attached hydrogens (tertiary/aromatic N) is 3. The Bertz CT molecular complexity index is 875. The molecule has 2 aromatic heterocycles. The molecule has 0 spiro atoms. The molecule has 6 heteroatoms. The number of carbonyl (C=O) groups is 1. The molecule has 0 fully saturated rings. The zero-order valence-corrected chi connectivity index (χ0v) is 13.9. The number of carbonyl (C=O) groups excluding carboxylic acids is 1. The van der Waals surface area contributed by atoms with Crippen LogP contribution in [0.15, 0.2) is 36.5 Å². The summed E-state index contributed by atoms with van der Waals surface area (Å²) in [5, 5.41) is 10.9. The van der Waals surface area contributed by atoms with Crippen LogP contribution in [-0.2, 0) is 18.3 Å². The number of hydrogen-bond acceptors (Lipinski definition) is 3. The van der Waals surface area contributed by atoms with Gasteiger partial charge >= 0.3 is 0 Å². The van der Waals surface area contributed by atoms with Crippen LogP contribution in [0.1, 0.15) is 23.6 Å². The van der Waals surface area contributed by atoms with Gasteiger partial charge in [-0.3, -0.25) is 9.89 Å². The second-order valence-electron chi connectivity index (χ2n) is 5.78. The van der Waals surface area contributed by atoms with E-state index >= 15 is 0 Å². The number of aromatic nitrogens is 4. The van der Waals surface area contributed by atoms with Crippen molar-refractivity contribution >= 4 is 22.9 Å². The summed E-state index contributed by atoms with van der Waals surface area (Å²) in [6.45, 7) is 2.47. The summed E-state index contributed by atoms with van der Waals surface area (Å²) < 4.78 is 2.06. The van der Waals surface area contributed by atoms with Gasteiger partial charge < -0.3 is 9.88 Å². The molecule has 0 saturated heterocycles. The third-order valence-corrected chi connectivity index (χ3v) is 3.86. The normalized spacial score (nSPS) is 11.4. The van der Waals surface area contributed by atoms with Crippen molar-refractivity contribution < 1.29 is 4.79 Å². The molecule has 6 nitrogen and oxygen atoms in total. The minimum atomic E-state index is -0.0888. The van der Waals surface area contributed by atoms with Gasteiger partial charge in [-0.05, 0) is 25.5 Å². The number of benzene rings is 1. The summed E-state index contributed by atoms with van der Waals surface area (Å²) >= 11 is 0. The molecule has 0 saturated carbocycles. The Labute approximate surface area is 140 Å². The quantitative estimate of drug-likeness (QED) is 0.540. The maximum atomic E-state index is 11.9. The van der Waals surface area contributed by atoms with Gasteiger partial charge in [-0.25, -0.2) is 4.98 Å². The molecule has 0 aliphatic rings. The van der Waals surface area contributed by atoms with E-state index in [1.54, 1.807) is 6.08 Å². The molecule has 1 aromatic carbocycles. The van der Waals surface area contributed by atoms with Gasteiger partial charge in [-0.1, -0.05) is 18.2 Å². The molecule has 0 radical (unpaired) electrons. The van der Waals surface area contributed by atoms with Crippen molar-refractivity contribution in [2.24, 2.45) is 7.05 Å². The third-order valence-electron chi connectivity index (χ3n) is 3.86. The highest BCUT2D eigenvalue weighted by molar-refractivity contribution is 5.96. The van der Waals surface area contributed by atoms with Crippen molar-refractivity contribution in [1.29, 1.82) is 0 Å². The molecule has 2 heterocycles. The van der Waals surface area contributed by atoms with Gasteiger partial charge in [-0.2, -0.15) is 5.10 Å². The summed E-state index contributed by atoms with van der Waals surface area (Å²) in [7, 11) is 2.00. The van der Waals surface area contributed by atoms with E-state index in [1.165, 1.54) is 0 Å². The van der Waals surface area contributed by atoms with E-state index in [0.29, 0.717) is 6.54 Å². The van der Waals surface area contributed by atoms with Crippen LogP contribution in [0.2, 0.25) is 0 Å². The molecule has 0 aliphatic heterocycles. The van der Waals surface area contributed by atoms with Crippen LogP contribution in [0.5, 0.6) is 0 Å². The zero-order valence-electron chi connectivity index (χ0n) is 13.9. The Kier molecular flexibility index (Phi) is 4.74. The average Bonchev–Trinajstić information content (AvgIpc) is 3.14. The van der Waals surface area contributed by atoms with Crippen LogP contribution in [-0.4, -0.2) is 32.2 Å². The molecular weight excluding hydrogens is 302 g/mol. The lowest BCUT2D eigenvalue weighted by molar-refractivity contribution is -0.116. The lowest BCUT2D eigenvalue weighted by Gasteiger charge is -2.00. The molecule has 124 valence electrons. The molecule has 3 rings (SSSR count). The fraction of sp³-hybridized carbons (Fsp3) is 0.278. The predicted molar refractivity (Wildman–Crippen MR) is 94.4 cm³/mol. The monoisotopic (exact) mass is 323 g/mol. The molecule has 2 N–H and O–H groups in total. The Morgan fingerprint density at radius 1 is 1.38 bits per heavy atom. The number of fused-ring (bicyclic) bond motifs is 1. The lowest BCUT2D eigenvalue weighted by Crippen LogP contribution is -2.22. The average molecular weight is 323 g/mol. The third kappa shape index (κ3) is 3.71. The van der Waals surface area contributed by atoms with Gasteiger partial charge in [0, 0.05) is 48.8 Å². The Morgan fingerprint density at radius 3 is 3.00 bits per heavy atom. The summed E-state index contributed by atoms with van der Waals surface area (Å²) in [6.07, 6.45) is 7.03. The van der Waals surface area contributed by atoms with Crippen molar-refractivity contribution in [1.82, 2.24) is 25.1 Å². The molecule has 0 bridgehead atoms. The van der Waals surface area contributed by atoms with E-state index in [-0.39, 0.29) is 5.91 Å². The molecule has 3 aromatic rings. The van der Waals surface area contributed by atoms with E-state index in [4.69, 9.17) is 0 Å². The molecule has 0 aliphatic carbocycles. The van der Waals surface area contributed by atoms with E-state index in [0.717, 1.165) is 41.0 Å². The number of amides is 1. The first kappa shape index (κ1) is 16.0. The summed E-state index contributed by atoms with van der Waals surface area (Å²) in [5.41, 5.74) is 2.19. The second kappa shape index (κ2) is 7.12. The van der Waals surface area contributed by atoms with Crippen LogP contribution < -0.4 is 5.32 Å². The van der Waals surface area contributed by atoms with Gasteiger partial charge in [0.05, 0.1) is 0 Å². The van der Waals surface area contributed by atoms with Gasteiger partial charge in [0.25, 0.3) is 0 Å². The molecule has 24 heavy (non-hydrogen) atoms. The molecule has 0 atom stereocenters. The SMILES string of the molecule is Cc1nc(CCCNC(=O)/C=C/c2cn(C)c3ccccc23)n[nH]1. The highest BCUT2D eigenvalue weighted by Gasteiger charge is 2.04. The first-order chi connectivity index (χ1) is 11.6. The van der Waals surface area contributed by atoms with Gasteiger partial charge in [0.15, 0.2) is 5.82 Å². The molecular formula is C18H21N5O. The van der Waals surface area contributed by atoms with Crippen LogP contribution in [0.25, 0.3) is 17.0 Å². The maximum absolute atomic E-state index is 11.9. The molecule has 1 amide bonds. The number of para-hydroxylation sites is 1. The largest absolute Gasteiger partial charge is 0.353 e. The van der Waals surface area contributed by atoms with E-state index in [1.807, 2.05) is 38.4 Å². The van der Waals surface area contributed by atoms with Crippen molar-refractivity contribution in [3.05, 3.63) is 53.8 Å². The number of nitrogens with one attached hydrogen (secondary N) is 2.